The number of rotatable bonds is 2. The van der Waals surface area contributed by atoms with Gasteiger partial charge in [-0.15, -0.1) is 0 Å². The fourth-order valence-electron chi connectivity index (χ4n) is 3.97. The Balaban J connectivity index is 1.83. The normalized spacial score (nSPS) is 23.4. The van der Waals surface area contributed by atoms with E-state index in [-0.39, 0.29) is 28.8 Å². The average molecular weight is 374 g/mol. The van der Waals surface area contributed by atoms with Gasteiger partial charge in [0.2, 0.25) is 5.43 Å². The topological polar surface area (TPSA) is 84.1 Å². The fraction of sp³-hybridized carbons (Fsp3) is 0.444. The number of aromatic nitrogens is 2. The van der Waals surface area contributed by atoms with E-state index in [0.29, 0.717) is 29.1 Å². The predicted molar refractivity (Wildman–Crippen MR) is 102 cm³/mol. The minimum Gasteiger partial charge on any atom is -0.367 e. The van der Waals surface area contributed by atoms with Crippen molar-refractivity contribution in [2.24, 2.45) is 11.7 Å². The monoisotopic (exact) mass is 374 g/mol. The molecule has 1 aliphatic carbocycles. The molecule has 0 spiro atoms. The van der Waals surface area contributed by atoms with Crippen LogP contribution in [-0.4, -0.2) is 28.1 Å². The number of nitrogens with one attached hydrogen (secondary N) is 1. The number of nitrogens with two attached hydrogens (primary N) is 1. The third-order valence-electron chi connectivity index (χ3n) is 5.62. The first kappa shape index (κ1) is 16.0. The van der Waals surface area contributed by atoms with Crippen LogP contribution >= 0.6 is 11.5 Å². The molecule has 1 saturated heterocycles. The highest BCUT2D eigenvalue weighted by Crippen LogP contribution is 2.41. The van der Waals surface area contributed by atoms with E-state index in [1.54, 1.807) is 6.07 Å². The summed E-state index contributed by atoms with van der Waals surface area (Å²) in [6, 6.07) is 3.31. The fourth-order valence-corrected chi connectivity index (χ4v) is 4.89. The van der Waals surface area contributed by atoms with E-state index in [0.717, 1.165) is 12.8 Å². The first-order valence-electron chi connectivity index (χ1n) is 8.85. The van der Waals surface area contributed by atoms with Crippen molar-refractivity contribution in [3.63, 3.8) is 0 Å². The van der Waals surface area contributed by atoms with Crippen LogP contribution in [0.15, 0.2) is 21.7 Å². The molecule has 1 aliphatic heterocycles. The zero-order chi connectivity index (χ0) is 18.2. The molecule has 0 bridgehead atoms. The number of anilines is 1. The van der Waals surface area contributed by atoms with Gasteiger partial charge in [0.05, 0.1) is 11.2 Å². The summed E-state index contributed by atoms with van der Waals surface area (Å²) in [7, 11) is 0. The molecule has 2 atom stereocenters. The molecular weight excluding hydrogens is 355 g/mol. The number of H-pyrrole nitrogens is 1. The van der Waals surface area contributed by atoms with Gasteiger partial charge in [-0.1, -0.05) is 6.92 Å². The SMILES string of the molecule is CC1CN(c2cc3c(cc2F)c(=O)c2c(=O)[nH]sc2n3C2CC2)CC1N. The average Bonchev–Trinajstić information content (AvgIpc) is 3.28. The maximum atomic E-state index is 14.9. The van der Waals surface area contributed by atoms with Crippen molar-refractivity contribution in [3.8, 4) is 0 Å². The summed E-state index contributed by atoms with van der Waals surface area (Å²) in [4.78, 5) is 27.5. The Labute approximate surface area is 152 Å². The maximum Gasteiger partial charge on any atom is 0.271 e. The number of fused-ring (bicyclic) bond motifs is 2. The molecule has 3 aromatic rings. The van der Waals surface area contributed by atoms with Gasteiger partial charge in [0.1, 0.15) is 16.0 Å². The summed E-state index contributed by atoms with van der Waals surface area (Å²) >= 11 is 1.18. The Morgan fingerprint density at radius 3 is 2.69 bits per heavy atom. The van der Waals surface area contributed by atoms with E-state index in [2.05, 4.69) is 11.3 Å². The zero-order valence-corrected chi connectivity index (χ0v) is 15.1. The van der Waals surface area contributed by atoms with Crippen LogP contribution in [0.1, 0.15) is 25.8 Å². The highest BCUT2D eigenvalue weighted by molar-refractivity contribution is 7.12. The Morgan fingerprint density at radius 1 is 1.27 bits per heavy atom. The van der Waals surface area contributed by atoms with Crippen LogP contribution < -0.4 is 21.6 Å². The van der Waals surface area contributed by atoms with Crippen LogP contribution in [-0.2, 0) is 0 Å². The van der Waals surface area contributed by atoms with E-state index in [4.69, 9.17) is 5.73 Å². The van der Waals surface area contributed by atoms with Gasteiger partial charge in [0.25, 0.3) is 5.56 Å². The lowest BCUT2D eigenvalue weighted by Crippen LogP contribution is -2.28. The summed E-state index contributed by atoms with van der Waals surface area (Å²) in [5, 5.41) is 0.407. The summed E-state index contributed by atoms with van der Waals surface area (Å²) in [5.74, 6) is -0.155. The Morgan fingerprint density at radius 2 is 2.04 bits per heavy atom. The molecule has 136 valence electrons. The number of aromatic amines is 1. The molecule has 2 unspecified atom stereocenters. The summed E-state index contributed by atoms with van der Waals surface area (Å²) in [6.07, 6.45) is 2.00. The lowest BCUT2D eigenvalue weighted by Gasteiger charge is -2.21. The molecule has 6 nitrogen and oxygen atoms in total. The molecule has 5 rings (SSSR count). The number of hydrogen-bond acceptors (Lipinski definition) is 5. The maximum absolute atomic E-state index is 14.9. The van der Waals surface area contributed by atoms with Gasteiger partial charge in [-0.3, -0.25) is 14.0 Å². The van der Waals surface area contributed by atoms with Crippen molar-refractivity contribution in [1.82, 2.24) is 8.94 Å². The van der Waals surface area contributed by atoms with Crippen LogP contribution in [0, 0.1) is 11.7 Å². The minimum atomic E-state index is -0.441. The second-order valence-electron chi connectivity index (χ2n) is 7.51. The molecule has 3 N–H and O–H groups in total. The number of halogens is 1. The first-order valence-corrected chi connectivity index (χ1v) is 9.67. The minimum absolute atomic E-state index is 0.00752. The Kier molecular flexibility index (Phi) is 3.33. The molecule has 1 aromatic carbocycles. The van der Waals surface area contributed by atoms with E-state index in [9.17, 15) is 14.0 Å². The van der Waals surface area contributed by atoms with Gasteiger partial charge in [-0.05, 0) is 42.4 Å². The van der Waals surface area contributed by atoms with Crippen LogP contribution in [0.25, 0.3) is 21.1 Å². The molecule has 8 heteroatoms. The van der Waals surface area contributed by atoms with Gasteiger partial charge >= 0.3 is 0 Å². The van der Waals surface area contributed by atoms with E-state index in [1.807, 2.05) is 9.47 Å². The molecule has 2 aliphatic rings. The standard InChI is InChI=1S/C18H19FN4O2S/c1-8-6-22(7-12(8)20)14-5-13-10(4-11(14)19)16(24)15-17(25)21-26-18(15)23(13)9-2-3-9/h4-5,8-9,12H,2-3,6-7,20H2,1H3,(H,21,25). The second-order valence-corrected chi connectivity index (χ2v) is 8.31. The Hall–Kier alpha value is -2.19. The molecule has 1 saturated carbocycles. The van der Waals surface area contributed by atoms with Crippen molar-refractivity contribution in [1.29, 1.82) is 0 Å². The van der Waals surface area contributed by atoms with Gasteiger partial charge in [0, 0.05) is 30.6 Å². The number of hydrogen-bond donors (Lipinski definition) is 2. The molecule has 0 radical (unpaired) electrons. The number of benzene rings is 1. The third-order valence-corrected chi connectivity index (χ3v) is 6.50. The molecule has 2 fully saturated rings. The van der Waals surface area contributed by atoms with Crippen molar-refractivity contribution >= 4 is 38.3 Å². The van der Waals surface area contributed by atoms with Crippen LogP contribution in [0.3, 0.4) is 0 Å². The van der Waals surface area contributed by atoms with Crippen LogP contribution in [0.5, 0.6) is 0 Å². The highest BCUT2D eigenvalue weighted by Gasteiger charge is 2.31. The quantitative estimate of drug-likeness (QED) is 0.720. The largest absolute Gasteiger partial charge is 0.367 e. The second kappa shape index (κ2) is 5.40. The number of nitrogens with zero attached hydrogens (tertiary/aromatic N) is 2. The summed E-state index contributed by atoms with van der Waals surface area (Å²) < 4.78 is 19.6. The van der Waals surface area contributed by atoms with Gasteiger partial charge in [0.15, 0.2) is 0 Å². The zero-order valence-electron chi connectivity index (χ0n) is 14.3. The van der Waals surface area contributed by atoms with Crippen LogP contribution in [0.4, 0.5) is 10.1 Å². The molecule has 2 aromatic heterocycles. The molecular formula is C18H19FN4O2S. The lowest BCUT2D eigenvalue weighted by atomic mass is 10.1. The van der Waals surface area contributed by atoms with Gasteiger partial charge in [-0.2, -0.15) is 0 Å². The van der Waals surface area contributed by atoms with E-state index < -0.39 is 16.8 Å². The van der Waals surface area contributed by atoms with Crippen molar-refractivity contribution in [3.05, 3.63) is 38.5 Å². The van der Waals surface area contributed by atoms with Gasteiger partial charge < -0.3 is 15.2 Å². The highest BCUT2D eigenvalue weighted by atomic mass is 32.1. The first-order chi connectivity index (χ1) is 12.5. The molecule has 26 heavy (non-hydrogen) atoms. The van der Waals surface area contributed by atoms with E-state index in [1.165, 1.54) is 17.6 Å². The van der Waals surface area contributed by atoms with Crippen molar-refractivity contribution in [2.45, 2.75) is 31.8 Å². The third kappa shape index (κ3) is 2.18. The smallest absolute Gasteiger partial charge is 0.271 e. The predicted octanol–water partition coefficient (Wildman–Crippen LogP) is 2.16. The van der Waals surface area contributed by atoms with Crippen molar-refractivity contribution < 1.29 is 4.39 Å². The summed E-state index contributed by atoms with van der Waals surface area (Å²) in [6.45, 7) is 3.35. The molecule has 3 heterocycles. The van der Waals surface area contributed by atoms with E-state index >= 15 is 0 Å². The number of pyridine rings is 1. The van der Waals surface area contributed by atoms with Crippen LogP contribution in [0.2, 0.25) is 0 Å². The molecule has 0 amide bonds. The van der Waals surface area contributed by atoms with Crippen molar-refractivity contribution in [2.75, 3.05) is 18.0 Å². The lowest BCUT2D eigenvalue weighted by molar-refractivity contribution is 0.565. The van der Waals surface area contributed by atoms with Gasteiger partial charge in [-0.25, -0.2) is 4.39 Å². The Bertz CT molecular complexity index is 1150. The summed E-state index contributed by atoms with van der Waals surface area (Å²) in [5.41, 5.74) is 6.49.